The number of aliphatic hydroxyl groups is 1. The van der Waals surface area contributed by atoms with Crippen molar-refractivity contribution >= 4 is 14.3 Å². The SMILES string of the molecule is CC(O)C(=O)O[Si](C)(C)C(C)(C)C. The molecule has 0 saturated heterocycles. The number of carbonyl (C=O) groups excluding carboxylic acids is 1. The van der Waals surface area contributed by atoms with Gasteiger partial charge in [0.2, 0.25) is 0 Å². The first-order chi connectivity index (χ1) is 5.58. The van der Waals surface area contributed by atoms with Gasteiger partial charge in [-0.1, -0.05) is 20.8 Å². The number of rotatable bonds is 2. The predicted molar refractivity (Wildman–Crippen MR) is 55.0 cm³/mol. The molecular formula is C9H20O3Si. The molecule has 1 atom stereocenters. The Morgan fingerprint density at radius 2 is 1.77 bits per heavy atom. The molecule has 0 spiro atoms. The van der Waals surface area contributed by atoms with Crippen LogP contribution in [0.5, 0.6) is 0 Å². The fourth-order valence-corrected chi connectivity index (χ4v) is 1.47. The summed E-state index contributed by atoms with van der Waals surface area (Å²) in [4.78, 5) is 11.2. The van der Waals surface area contributed by atoms with Gasteiger partial charge in [0.15, 0.2) is 0 Å². The summed E-state index contributed by atoms with van der Waals surface area (Å²) in [6.45, 7) is 11.5. The van der Waals surface area contributed by atoms with Crippen LogP contribution < -0.4 is 0 Å². The highest BCUT2D eigenvalue weighted by Crippen LogP contribution is 2.36. The lowest BCUT2D eigenvalue weighted by Gasteiger charge is -2.35. The van der Waals surface area contributed by atoms with E-state index in [4.69, 9.17) is 9.53 Å². The molecule has 0 aliphatic carbocycles. The zero-order valence-corrected chi connectivity index (χ0v) is 10.3. The summed E-state index contributed by atoms with van der Waals surface area (Å²) in [5, 5.41) is 9.00. The molecule has 78 valence electrons. The highest BCUT2D eigenvalue weighted by molar-refractivity contribution is 6.75. The largest absolute Gasteiger partial charge is 0.517 e. The molecule has 1 unspecified atom stereocenters. The molecule has 0 amide bonds. The Labute approximate surface area is 81.2 Å². The van der Waals surface area contributed by atoms with Crippen molar-refractivity contribution in [2.45, 2.75) is 51.9 Å². The van der Waals surface area contributed by atoms with Gasteiger partial charge in [-0.3, -0.25) is 4.79 Å². The molecule has 13 heavy (non-hydrogen) atoms. The quantitative estimate of drug-likeness (QED) is 0.699. The minimum Gasteiger partial charge on any atom is -0.517 e. The van der Waals surface area contributed by atoms with Gasteiger partial charge in [-0.05, 0) is 25.1 Å². The van der Waals surface area contributed by atoms with Crippen molar-refractivity contribution in [2.24, 2.45) is 0 Å². The second-order valence-electron chi connectivity index (χ2n) is 4.86. The van der Waals surface area contributed by atoms with Crippen molar-refractivity contribution in [3.8, 4) is 0 Å². The highest BCUT2D eigenvalue weighted by Gasteiger charge is 2.40. The van der Waals surface area contributed by atoms with Gasteiger partial charge in [-0.25, -0.2) is 0 Å². The molecule has 0 aromatic heterocycles. The lowest BCUT2D eigenvalue weighted by molar-refractivity contribution is -0.143. The van der Waals surface area contributed by atoms with Gasteiger partial charge < -0.3 is 9.53 Å². The van der Waals surface area contributed by atoms with Crippen LogP contribution in [0.1, 0.15) is 27.7 Å². The molecule has 0 radical (unpaired) electrons. The topological polar surface area (TPSA) is 46.5 Å². The first kappa shape index (κ1) is 12.6. The Hall–Kier alpha value is -0.353. The predicted octanol–water partition coefficient (Wildman–Crippen LogP) is 1.92. The van der Waals surface area contributed by atoms with Crippen molar-refractivity contribution < 1.29 is 14.3 Å². The lowest BCUT2D eigenvalue weighted by atomic mass is 10.2. The standard InChI is InChI=1S/C9H20O3Si/c1-7(10)8(11)12-13(5,6)9(2,3)4/h7,10H,1-6H3. The van der Waals surface area contributed by atoms with Crippen molar-refractivity contribution in [3.05, 3.63) is 0 Å². The first-order valence-corrected chi connectivity index (χ1v) is 7.39. The smallest absolute Gasteiger partial charge is 0.321 e. The third kappa shape index (κ3) is 3.48. The van der Waals surface area contributed by atoms with Crippen molar-refractivity contribution in [3.63, 3.8) is 0 Å². The molecule has 3 nitrogen and oxygen atoms in total. The van der Waals surface area contributed by atoms with Gasteiger partial charge in [0.05, 0.1) is 0 Å². The summed E-state index contributed by atoms with van der Waals surface area (Å²) in [6.07, 6.45) is -1.02. The van der Waals surface area contributed by atoms with Crippen molar-refractivity contribution in [1.29, 1.82) is 0 Å². The van der Waals surface area contributed by atoms with E-state index in [1.54, 1.807) is 0 Å². The summed E-state index contributed by atoms with van der Waals surface area (Å²) in [5.74, 6) is -0.508. The molecule has 0 saturated carbocycles. The summed E-state index contributed by atoms with van der Waals surface area (Å²) < 4.78 is 5.31. The molecule has 4 heteroatoms. The average Bonchev–Trinajstić information content (AvgIpc) is 1.83. The van der Waals surface area contributed by atoms with Gasteiger partial charge in [0.1, 0.15) is 6.10 Å². The van der Waals surface area contributed by atoms with Gasteiger partial charge in [-0.15, -0.1) is 0 Å². The Balaban J connectivity index is 4.44. The Kier molecular flexibility index (Phi) is 3.69. The Morgan fingerprint density at radius 3 is 2.00 bits per heavy atom. The molecule has 0 aromatic rings. The van der Waals surface area contributed by atoms with E-state index in [9.17, 15) is 4.79 Å². The van der Waals surface area contributed by atoms with Crippen LogP contribution in [-0.2, 0) is 9.22 Å². The van der Waals surface area contributed by atoms with E-state index in [2.05, 4.69) is 20.8 Å². The van der Waals surface area contributed by atoms with Crippen molar-refractivity contribution in [1.82, 2.24) is 0 Å². The highest BCUT2D eigenvalue weighted by atomic mass is 28.4. The second-order valence-corrected chi connectivity index (χ2v) is 9.58. The molecule has 0 heterocycles. The van der Waals surface area contributed by atoms with E-state index in [1.807, 2.05) is 13.1 Å². The summed E-state index contributed by atoms with van der Waals surface area (Å²) in [5.41, 5.74) is 0. The number of aliphatic hydroxyl groups excluding tert-OH is 1. The molecule has 0 aliphatic heterocycles. The molecule has 0 bridgehead atoms. The maximum absolute atomic E-state index is 11.2. The number of hydrogen-bond acceptors (Lipinski definition) is 3. The monoisotopic (exact) mass is 204 g/mol. The van der Waals surface area contributed by atoms with Crippen LogP contribution in [0.2, 0.25) is 18.1 Å². The van der Waals surface area contributed by atoms with Crippen LogP contribution in [0.4, 0.5) is 0 Å². The van der Waals surface area contributed by atoms with E-state index < -0.39 is 20.4 Å². The summed E-state index contributed by atoms with van der Waals surface area (Å²) >= 11 is 0. The van der Waals surface area contributed by atoms with Crippen LogP contribution >= 0.6 is 0 Å². The minimum atomic E-state index is -2.04. The molecule has 1 N–H and O–H groups in total. The molecule has 0 aliphatic rings. The molecular weight excluding hydrogens is 184 g/mol. The zero-order chi connectivity index (χ0) is 10.9. The molecule has 0 rings (SSSR count). The Bertz CT molecular complexity index is 192. The normalized spacial score (nSPS) is 15.3. The number of carbonyl (C=O) groups is 1. The van der Waals surface area contributed by atoms with Crippen molar-refractivity contribution in [2.75, 3.05) is 0 Å². The lowest BCUT2D eigenvalue weighted by Crippen LogP contribution is -2.44. The van der Waals surface area contributed by atoms with Gasteiger partial charge in [0.25, 0.3) is 8.32 Å². The van der Waals surface area contributed by atoms with E-state index in [-0.39, 0.29) is 5.04 Å². The van der Waals surface area contributed by atoms with E-state index >= 15 is 0 Å². The third-order valence-corrected chi connectivity index (χ3v) is 6.83. The minimum absolute atomic E-state index is 0.00243. The van der Waals surface area contributed by atoms with Crippen LogP contribution in [0.15, 0.2) is 0 Å². The third-order valence-electron chi connectivity index (χ3n) is 2.50. The zero-order valence-electron chi connectivity index (χ0n) is 9.34. The van der Waals surface area contributed by atoms with Crippen LogP contribution in [0, 0.1) is 0 Å². The fraction of sp³-hybridized carbons (Fsp3) is 0.889. The molecule has 0 fully saturated rings. The van der Waals surface area contributed by atoms with Gasteiger partial charge in [0, 0.05) is 0 Å². The van der Waals surface area contributed by atoms with Crippen LogP contribution in [0.3, 0.4) is 0 Å². The summed E-state index contributed by atoms with van der Waals surface area (Å²) in [6, 6.07) is 0. The van der Waals surface area contributed by atoms with E-state index in [0.29, 0.717) is 0 Å². The molecule has 0 aromatic carbocycles. The summed E-state index contributed by atoms with van der Waals surface area (Å²) in [7, 11) is -2.04. The van der Waals surface area contributed by atoms with Crippen LogP contribution in [-0.4, -0.2) is 25.5 Å². The van der Waals surface area contributed by atoms with Gasteiger partial charge in [-0.2, -0.15) is 0 Å². The maximum atomic E-state index is 11.2. The Morgan fingerprint density at radius 1 is 1.38 bits per heavy atom. The van der Waals surface area contributed by atoms with Gasteiger partial charge >= 0.3 is 5.97 Å². The average molecular weight is 204 g/mol. The number of hydrogen-bond donors (Lipinski definition) is 1. The fourth-order valence-electron chi connectivity index (χ4n) is 0.490. The van der Waals surface area contributed by atoms with E-state index in [0.717, 1.165) is 0 Å². The first-order valence-electron chi connectivity index (χ1n) is 4.49. The van der Waals surface area contributed by atoms with Crippen LogP contribution in [0.25, 0.3) is 0 Å². The second kappa shape index (κ2) is 3.80. The maximum Gasteiger partial charge on any atom is 0.321 e. The van der Waals surface area contributed by atoms with E-state index in [1.165, 1.54) is 6.92 Å².